The molecule has 106 valence electrons. The highest BCUT2D eigenvalue weighted by Gasteiger charge is 2.27. The maximum atomic E-state index is 12.2. The van der Waals surface area contributed by atoms with Gasteiger partial charge in [-0.05, 0) is 31.9 Å². The van der Waals surface area contributed by atoms with Crippen LogP contribution in [0.2, 0.25) is 0 Å². The van der Waals surface area contributed by atoms with Gasteiger partial charge in [-0.15, -0.1) is 0 Å². The third kappa shape index (κ3) is 2.17. The fraction of sp³-hybridized carbons (Fsp3) is 0.429. The number of rotatable bonds is 4. The van der Waals surface area contributed by atoms with Crippen LogP contribution in [0.3, 0.4) is 0 Å². The normalized spacial score (nSPS) is 16.1. The van der Waals surface area contributed by atoms with Crippen molar-refractivity contribution in [2.45, 2.75) is 31.8 Å². The number of nitrogens with one attached hydrogen (secondary N) is 1. The van der Waals surface area contributed by atoms with Gasteiger partial charge in [-0.2, -0.15) is 0 Å². The van der Waals surface area contributed by atoms with Crippen LogP contribution in [-0.4, -0.2) is 28.6 Å². The first-order chi connectivity index (χ1) is 9.60. The number of imidazole rings is 1. The molecule has 3 N–H and O–H groups in total. The quantitative estimate of drug-likeness (QED) is 0.884. The van der Waals surface area contributed by atoms with Gasteiger partial charge >= 0.3 is 0 Å². The Morgan fingerprint density at radius 3 is 2.95 bits per heavy atom. The fourth-order valence-corrected chi connectivity index (χ4v) is 2.29. The van der Waals surface area contributed by atoms with Gasteiger partial charge in [0, 0.05) is 12.1 Å². The average Bonchev–Trinajstić information content (AvgIpc) is 3.18. The molecular weight excluding hydrogens is 256 g/mol. The fourth-order valence-electron chi connectivity index (χ4n) is 2.29. The number of methoxy groups -OCH3 is 1. The molecule has 1 aliphatic rings. The summed E-state index contributed by atoms with van der Waals surface area (Å²) in [5.74, 6) is 1.03. The zero-order valence-electron chi connectivity index (χ0n) is 11.6. The van der Waals surface area contributed by atoms with Crippen molar-refractivity contribution in [1.82, 2.24) is 14.9 Å². The third-order valence-corrected chi connectivity index (χ3v) is 3.61. The summed E-state index contributed by atoms with van der Waals surface area (Å²) in [4.78, 5) is 16.5. The summed E-state index contributed by atoms with van der Waals surface area (Å²) in [5.41, 5.74) is 7.53. The summed E-state index contributed by atoms with van der Waals surface area (Å²) in [6.45, 7) is 1.83. The van der Waals surface area contributed by atoms with Gasteiger partial charge in [-0.3, -0.25) is 9.36 Å². The van der Waals surface area contributed by atoms with Gasteiger partial charge in [0.25, 0.3) is 0 Å². The van der Waals surface area contributed by atoms with Crippen molar-refractivity contribution in [2.24, 2.45) is 0 Å². The lowest BCUT2D eigenvalue weighted by Gasteiger charge is -2.16. The van der Waals surface area contributed by atoms with Crippen LogP contribution in [-0.2, 0) is 4.79 Å². The molecule has 1 unspecified atom stereocenters. The minimum Gasteiger partial charge on any atom is -0.497 e. The van der Waals surface area contributed by atoms with E-state index in [1.54, 1.807) is 11.7 Å². The Kier molecular flexibility index (Phi) is 3.00. The predicted octanol–water partition coefficient (Wildman–Crippen LogP) is 1.47. The highest BCUT2D eigenvalue weighted by molar-refractivity contribution is 5.86. The summed E-state index contributed by atoms with van der Waals surface area (Å²) < 4.78 is 6.96. The zero-order chi connectivity index (χ0) is 14.3. The molecule has 1 saturated carbocycles. The second-order valence-electron chi connectivity index (χ2n) is 5.15. The van der Waals surface area contributed by atoms with E-state index in [4.69, 9.17) is 10.5 Å². The third-order valence-electron chi connectivity index (χ3n) is 3.61. The molecule has 1 heterocycles. The number of aromatic nitrogens is 2. The van der Waals surface area contributed by atoms with E-state index in [-0.39, 0.29) is 5.91 Å². The number of anilines is 1. The lowest BCUT2D eigenvalue weighted by molar-refractivity contribution is -0.123. The van der Waals surface area contributed by atoms with E-state index in [9.17, 15) is 4.79 Å². The van der Waals surface area contributed by atoms with Crippen LogP contribution in [0.15, 0.2) is 18.2 Å². The summed E-state index contributed by atoms with van der Waals surface area (Å²) in [6.07, 6.45) is 2.12. The van der Waals surface area contributed by atoms with Gasteiger partial charge in [-0.25, -0.2) is 4.98 Å². The first-order valence-corrected chi connectivity index (χ1v) is 6.72. The molecular formula is C14H18N4O2. The van der Waals surface area contributed by atoms with Crippen molar-refractivity contribution in [3.63, 3.8) is 0 Å². The Balaban J connectivity index is 1.99. The van der Waals surface area contributed by atoms with Crippen LogP contribution in [0.25, 0.3) is 11.0 Å². The lowest BCUT2D eigenvalue weighted by atomic mass is 10.2. The maximum absolute atomic E-state index is 12.2. The molecule has 3 rings (SSSR count). The van der Waals surface area contributed by atoms with Gasteiger partial charge in [0.15, 0.2) is 0 Å². The van der Waals surface area contributed by atoms with E-state index in [2.05, 4.69) is 10.3 Å². The minimum atomic E-state index is -0.396. The average molecular weight is 274 g/mol. The second kappa shape index (κ2) is 4.70. The Hall–Kier alpha value is -2.24. The van der Waals surface area contributed by atoms with Gasteiger partial charge in [0.2, 0.25) is 11.9 Å². The number of nitrogens with zero attached hydrogens (tertiary/aromatic N) is 2. The number of hydrogen-bond donors (Lipinski definition) is 2. The SMILES string of the molecule is COc1ccc2nc(N)n(C(C)C(=O)NC3CC3)c2c1. The van der Waals surface area contributed by atoms with Crippen LogP contribution >= 0.6 is 0 Å². The van der Waals surface area contributed by atoms with Crippen LogP contribution in [0.1, 0.15) is 25.8 Å². The number of nitrogen functional groups attached to an aromatic ring is 1. The number of carbonyl (C=O) groups excluding carboxylic acids is 1. The first kappa shape index (κ1) is 12.8. The highest BCUT2D eigenvalue weighted by Crippen LogP contribution is 2.27. The van der Waals surface area contributed by atoms with Gasteiger partial charge in [-0.1, -0.05) is 0 Å². The molecule has 1 amide bonds. The molecule has 6 heteroatoms. The topological polar surface area (TPSA) is 82.2 Å². The number of carbonyl (C=O) groups is 1. The Bertz CT molecular complexity index is 660. The second-order valence-corrected chi connectivity index (χ2v) is 5.15. The van der Waals surface area contributed by atoms with E-state index < -0.39 is 6.04 Å². The van der Waals surface area contributed by atoms with E-state index in [1.807, 2.05) is 25.1 Å². The molecule has 1 aliphatic carbocycles. The molecule has 0 saturated heterocycles. The van der Waals surface area contributed by atoms with E-state index >= 15 is 0 Å². The summed E-state index contributed by atoms with van der Waals surface area (Å²) in [7, 11) is 1.61. The van der Waals surface area contributed by atoms with Gasteiger partial charge in [0.05, 0.1) is 18.1 Å². The van der Waals surface area contributed by atoms with Crippen LogP contribution < -0.4 is 15.8 Å². The number of fused-ring (bicyclic) bond motifs is 1. The number of nitrogens with two attached hydrogens (primary N) is 1. The molecule has 0 aliphatic heterocycles. The number of ether oxygens (including phenoxy) is 1. The lowest BCUT2D eigenvalue weighted by Crippen LogP contribution is -2.32. The van der Waals surface area contributed by atoms with Crippen LogP contribution in [0.4, 0.5) is 5.95 Å². The van der Waals surface area contributed by atoms with Crippen LogP contribution in [0.5, 0.6) is 5.75 Å². The molecule has 0 radical (unpaired) electrons. The van der Waals surface area contributed by atoms with Crippen molar-refractivity contribution in [2.75, 3.05) is 12.8 Å². The molecule has 6 nitrogen and oxygen atoms in total. The molecule has 2 aromatic rings. The number of amides is 1. The molecule has 0 bridgehead atoms. The largest absolute Gasteiger partial charge is 0.497 e. The number of hydrogen-bond acceptors (Lipinski definition) is 4. The van der Waals surface area contributed by atoms with Crippen LogP contribution in [0, 0.1) is 0 Å². The molecule has 20 heavy (non-hydrogen) atoms. The molecule has 1 aromatic carbocycles. The number of benzene rings is 1. The molecule has 0 spiro atoms. The molecule has 1 aromatic heterocycles. The maximum Gasteiger partial charge on any atom is 0.243 e. The Morgan fingerprint density at radius 1 is 1.55 bits per heavy atom. The summed E-state index contributed by atoms with van der Waals surface area (Å²) in [5, 5.41) is 2.99. The molecule has 1 fully saturated rings. The minimum absolute atomic E-state index is 0.0266. The van der Waals surface area contributed by atoms with E-state index in [0.717, 1.165) is 23.9 Å². The van der Waals surface area contributed by atoms with E-state index in [1.165, 1.54) is 0 Å². The van der Waals surface area contributed by atoms with Crippen molar-refractivity contribution in [3.05, 3.63) is 18.2 Å². The Labute approximate surface area is 116 Å². The van der Waals surface area contributed by atoms with Crippen molar-refractivity contribution in [3.8, 4) is 5.75 Å². The standard InChI is InChI=1S/C14H18N4O2/c1-8(13(19)16-9-3-4-9)18-12-7-10(20-2)5-6-11(12)17-14(18)15/h5-9H,3-4H2,1-2H3,(H2,15,17)(H,16,19). The first-order valence-electron chi connectivity index (χ1n) is 6.72. The highest BCUT2D eigenvalue weighted by atomic mass is 16.5. The predicted molar refractivity (Wildman–Crippen MR) is 76.6 cm³/mol. The molecule has 1 atom stereocenters. The Morgan fingerprint density at radius 2 is 2.30 bits per heavy atom. The van der Waals surface area contributed by atoms with E-state index in [0.29, 0.717) is 17.7 Å². The monoisotopic (exact) mass is 274 g/mol. The van der Waals surface area contributed by atoms with Gasteiger partial charge in [0.1, 0.15) is 11.8 Å². The van der Waals surface area contributed by atoms with Crippen molar-refractivity contribution >= 4 is 22.9 Å². The van der Waals surface area contributed by atoms with Crippen molar-refractivity contribution < 1.29 is 9.53 Å². The zero-order valence-corrected chi connectivity index (χ0v) is 11.6. The summed E-state index contributed by atoms with van der Waals surface area (Å²) in [6, 6.07) is 5.45. The smallest absolute Gasteiger partial charge is 0.243 e. The van der Waals surface area contributed by atoms with Gasteiger partial charge < -0.3 is 15.8 Å². The van der Waals surface area contributed by atoms with Crippen molar-refractivity contribution in [1.29, 1.82) is 0 Å². The summed E-state index contributed by atoms with van der Waals surface area (Å²) >= 11 is 0.